The number of aromatic nitrogens is 3. The molecule has 258 valence electrons. The van der Waals surface area contributed by atoms with Gasteiger partial charge in [0.25, 0.3) is 0 Å². The van der Waals surface area contributed by atoms with Crippen molar-refractivity contribution in [2.24, 2.45) is 0 Å². The van der Waals surface area contributed by atoms with Gasteiger partial charge in [-0.05, 0) is 90.5 Å². The summed E-state index contributed by atoms with van der Waals surface area (Å²) in [6, 6.07) is 49.6. The quantitative estimate of drug-likeness (QED) is 0.115. The van der Waals surface area contributed by atoms with Crippen molar-refractivity contribution in [3.05, 3.63) is 196 Å². The number of hydrogen-bond acceptors (Lipinski definition) is 3. The molecule has 4 aromatic carbocycles. The average molecular weight is 853 g/mol. The molecular formula is C48H42IrN3. The van der Waals surface area contributed by atoms with E-state index in [1.807, 2.05) is 18.6 Å². The molecule has 52 heavy (non-hydrogen) atoms. The van der Waals surface area contributed by atoms with E-state index in [1.165, 1.54) is 33.4 Å². The number of aryl methyl sites for hydroxylation is 9. The summed E-state index contributed by atoms with van der Waals surface area (Å²) in [7, 11) is 0. The van der Waals surface area contributed by atoms with Crippen LogP contribution < -0.4 is 0 Å². The fourth-order valence-corrected chi connectivity index (χ4v) is 6.34. The van der Waals surface area contributed by atoms with Gasteiger partial charge in [-0.2, -0.15) is 0 Å². The minimum Gasteiger partial charge on any atom is -0.304 e. The monoisotopic (exact) mass is 853 g/mol. The number of pyridine rings is 3. The Bertz CT molecular complexity index is 1900. The molecule has 4 heteroatoms. The van der Waals surface area contributed by atoms with Crippen LogP contribution in [-0.2, 0) is 58.6 Å². The molecule has 0 aliphatic heterocycles. The van der Waals surface area contributed by atoms with Crippen LogP contribution in [0, 0.1) is 39.0 Å². The first kappa shape index (κ1) is 36.8. The fraction of sp³-hybridized carbons (Fsp3) is 0.188. The van der Waals surface area contributed by atoms with Gasteiger partial charge >= 0.3 is 20.1 Å². The van der Waals surface area contributed by atoms with Crippen LogP contribution in [0.3, 0.4) is 0 Å². The Kier molecular flexibility index (Phi) is 12.3. The van der Waals surface area contributed by atoms with Gasteiger partial charge in [-0.15, -0.1) is 106 Å². The smallest absolute Gasteiger partial charge is 0.304 e. The molecule has 0 aliphatic rings. The van der Waals surface area contributed by atoms with Crippen LogP contribution in [0.4, 0.5) is 0 Å². The first-order valence-electron chi connectivity index (χ1n) is 17.9. The molecule has 7 aromatic rings. The first-order chi connectivity index (χ1) is 24.9. The van der Waals surface area contributed by atoms with E-state index in [1.54, 1.807) is 0 Å². The molecule has 0 bridgehead atoms. The van der Waals surface area contributed by atoms with Gasteiger partial charge in [0.1, 0.15) is 0 Å². The van der Waals surface area contributed by atoms with Gasteiger partial charge < -0.3 is 15.0 Å². The van der Waals surface area contributed by atoms with Gasteiger partial charge in [-0.3, -0.25) is 0 Å². The van der Waals surface area contributed by atoms with Crippen molar-refractivity contribution in [3.8, 4) is 33.8 Å². The van der Waals surface area contributed by atoms with Crippen LogP contribution in [0.25, 0.3) is 33.8 Å². The Labute approximate surface area is 322 Å². The normalized spacial score (nSPS) is 10.9. The molecule has 0 unspecified atom stereocenters. The molecule has 0 aliphatic carbocycles. The van der Waals surface area contributed by atoms with Crippen molar-refractivity contribution in [3.63, 3.8) is 0 Å². The molecule has 0 saturated carbocycles. The number of rotatable bonds is 12. The molecule has 3 aromatic heterocycles. The van der Waals surface area contributed by atoms with E-state index in [4.69, 9.17) is 0 Å². The molecule has 0 saturated heterocycles. The largest absolute Gasteiger partial charge is 3.00 e. The summed E-state index contributed by atoms with van der Waals surface area (Å²) in [6.07, 6.45) is 11.6. The van der Waals surface area contributed by atoms with E-state index in [-0.39, 0.29) is 20.1 Å². The third-order valence-corrected chi connectivity index (χ3v) is 9.41. The van der Waals surface area contributed by atoms with Gasteiger partial charge in [-0.25, -0.2) is 0 Å². The molecule has 0 atom stereocenters. The summed E-state index contributed by atoms with van der Waals surface area (Å²) < 4.78 is 0. The van der Waals surface area contributed by atoms with Crippen molar-refractivity contribution >= 4 is 0 Å². The van der Waals surface area contributed by atoms with E-state index in [0.29, 0.717) is 0 Å². The van der Waals surface area contributed by atoms with Crippen LogP contribution >= 0.6 is 0 Å². The number of benzene rings is 4. The van der Waals surface area contributed by atoms with Gasteiger partial charge in [0.2, 0.25) is 0 Å². The van der Waals surface area contributed by atoms with E-state index >= 15 is 0 Å². The zero-order valence-corrected chi connectivity index (χ0v) is 32.4. The third-order valence-electron chi connectivity index (χ3n) is 9.41. The van der Waals surface area contributed by atoms with Crippen molar-refractivity contribution in [1.29, 1.82) is 0 Å². The van der Waals surface area contributed by atoms with Crippen LogP contribution in [-0.4, -0.2) is 15.0 Å². The Morgan fingerprint density at radius 1 is 0.365 bits per heavy atom. The van der Waals surface area contributed by atoms with Crippen LogP contribution in [0.15, 0.2) is 128 Å². The Hall–Kier alpha value is -5.02. The zero-order chi connectivity index (χ0) is 35.0. The minimum atomic E-state index is 0. The SMILES string of the molecule is Cc1ccc(-c2[c-]cc(CCc3cc(CCc4c[c-]c(-c5ccc(C)cn5)cc4)cc(CCc4c[c-]c(-c5ccc(C)cn5)cc4)c3)cc2)nc1.[Ir+3]. The number of hydrogen-bond donors (Lipinski definition) is 0. The predicted octanol–water partition coefficient (Wildman–Crippen LogP) is 10.6. The summed E-state index contributed by atoms with van der Waals surface area (Å²) in [5.74, 6) is 0. The summed E-state index contributed by atoms with van der Waals surface area (Å²) in [5.41, 5.74) is 17.5. The van der Waals surface area contributed by atoms with Crippen LogP contribution in [0.2, 0.25) is 0 Å². The van der Waals surface area contributed by atoms with Crippen molar-refractivity contribution in [2.45, 2.75) is 59.3 Å². The molecule has 0 amide bonds. The van der Waals surface area contributed by atoms with Crippen LogP contribution in [0.1, 0.15) is 50.1 Å². The Morgan fingerprint density at radius 2 is 0.654 bits per heavy atom. The molecule has 0 spiro atoms. The molecular weight excluding hydrogens is 811 g/mol. The van der Waals surface area contributed by atoms with E-state index < -0.39 is 0 Å². The predicted molar refractivity (Wildman–Crippen MR) is 208 cm³/mol. The van der Waals surface area contributed by atoms with Crippen molar-refractivity contribution in [1.82, 2.24) is 15.0 Å². The van der Waals surface area contributed by atoms with E-state index in [2.05, 4.69) is 163 Å². The molecule has 0 N–H and O–H groups in total. The Balaban J connectivity index is 0.00000464. The van der Waals surface area contributed by atoms with E-state index in [9.17, 15) is 0 Å². The van der Waals surface area contributed by atoms with Gasteiger partial charge in [0, 0.05) is 18.6 Å². The third kappa shape index (κ3) is 9.85. The maximum absolute atomic E-state index is 4.57. The van der Waals surface area contributed by atoms with Crippen molar-refractivity contribution < 1.29 is 20.1 Å². The first-order valence-corrected chi connectivity index (χ1v) is 17.9. The Morgan fingerprint density at radius 3 is 0.885 bits per heavy atom. The summed E-state index contributed by atoms with van der Waals surface area (Å²) in [4.78, 5) is 13.7. The van der Waals surface area contributed by atoms with Gasteiger partial charge in [0.15, 0.2) is 0 Å². The maximum atomic E-state index is 4.57. The van der Waals surface area contributed by atoms with E-state index in [0.717, 1.165) is 89.0 Å². The number of nitrogens with zero attached hydrogens (tertiary/aromatic N) is 3. The summed E-state index contributed by atoms with van der Waals surface area (Å²) in [5, 5.41) is 0. The average Bonchev–Trinajstić information content (AvgIpc) is 3.17. The topological polar surface area (TPSA) is 38.7 Å². The standard InChI is InChI=1S/C48H42N3.Ir/c1-34-4-25-46(49-31-34)43-19-13-37(14-20-43)7-10-40-28-41(11-8-38-15-21-44(22-16-38)47-26-5-35(2)32-50-47)30-42(29-40)12-9-39-17-23-45(24-18-39)48-27-6-36(3)33-51-48;/h4-6,13-19,21,23,25-33H,7-12H2,1-3H3;/q-3;+3. The summed E-state index contributed by atoms with van der Waals surface area (Å²) >= 11 is 0. The second-order valence-corrected chi connectivity index (χ2v) is 13.7. The molecule has 3 heterocycles. The second kappa shape index (κ2) is 17.5. The second-order valence-electron chi connectivity index (χ2n) is 13.7. The molecule has 0 fully saturated rings. The molecule has 0 radical (unpaired) electrons. The molecule has 7 rings (SSSR count). The zero-order valence-electron chi connectivity index (χ0n) is 30.0. The van der Waals surface area contributed by atoms with Crippen LogP contribution in [0.5, 0.6) is 0 Å². The summed E-state index contributed by atoms with van der Waals surface area (Å²) in [6.45, 7) is 6.18. The van der Waals surface area contributed by atoms with Gasteiger partial charge in [0.05, 0.1) is 0 Å². The fourth-order valence-electron chi connectivity index (χ4n) is 6.34. The van der Waals surface area contributed by atoms with Crippen molar-refractivity contribution in [2.75, 3.05) is 0 Å². The van der Waals surface area contributed by atoms with Gasteiger partial charge in [-0.1, -0.05) is 73.9 Å². The maximum Gasteiger partial charge on any atom is 3.00 e. The minimum absolute atomic E-state index is 0. The molecule has 3 nitrogen and oxygen atoms in total.